The zero-order valence-electron chi connectivity index (χ0n) is 13.8. The summed E-state index contributed by atoms with van der Waals surface area (Å²) in [4.78, 5) is 8.32. The maximum Gasteiger partial charge on any atom is 0.204 e. The summed E-state index contributed by atoms with van der Waals surface area (Å²) >= 11 is 7.76. The van der Waals surface area contributed by atoms with E-state index in [1.165, 1.54) is 17.7 Å². The first-order valence-corrected chi connectivity index (χ1v) is 9.62. The second-order valence-electron chi connectivity index (χ2n) is 6.27. The molecule has 0 bridgehead atoms. The molecule has 2 aliphatic rings. The first kappa shape index (κ1) is 15.7. The monoisotopic (exact) mass is 382 g/mol. The number of H-pyrrole nitrogens is 1. The van der Waals surface area contributed by atoms with Gasteiger partial charge >= 0.3 is 0 Å². The van der Waals surface area contributed by atoms with E-state index in [1.807, 2.05) is 24.4 Å². The third kappa shape index (κ3) is 2.64. The molecule has 0 saturated carbocycles. The molecule has 0 fully saturated rings. The summed E-state index contributed by atoms with van der Waals surface area (Å²) < 4.78 is 0.786. The molecule has 130 valence electrons. The highest BCUT2D eigenvalue weighted by Gasteiger charge is 2.31. The normalized spacial score (nSPS) is 19.3. The average molecular weight is 383 g/mol. The van der Waals surface area contributed by atoms with E-state index in [0.29, 0.717) is 5.82 Å². The Balaban J connectivity index is 1.55. The highest BCUT2D eigenvalue weighted by Crippen LogP contribution is 2.43. The summed E-state index contributed by atoms with van der Waals surface area (Å²) in [6.45, 7) is 0. The van der Waals surface area contributed by atoms with Crippen molar-refractivity contribution in [3.05, 3.63) is 56.9 Å². The number of anilines is 1. The van der Waals surface area contributed by atoms with Gasteiger partial charge in [0.25, 0.3) is 0 Å². The SMILES string of the molecule is Clc1ccc(C2N=CC3=C(CCC3)N2c2ccc(-c3nn[nH]n3)cc2)s1. The largest absolute Gasteiger partial charge is 0.318 e. The Bertz CT molecular complexity index is 989. The van der Waals surface area contributed by atoms with Crippen molar-refractivity contribution in [2.75, 3.05) is 4.90 Å². The lowest BCUT2D eigenvalue weighted by atomic mass is 10.1. The van der Waals surface area contributed by atoms with Crippen molar-refractivity contribution in [2.45, 2.75) is 25.4 Å². The Kier molecular flexibility index (Phi) is 3.83. The molecule has 1 aromatic carbocycles. The fourth-order valence-electron chi connectivity index (χ4n) is 3.56. The molecular formula is C18H15ClN6S. The fraction of sp³-hybridized carbons (Fsp3) is 0.222. The van der Waals surface area contributed by atoms with E-state index < -0.39 is 0 Å². The van der Waals surface area contributed by atoms with Gasteiger partial charge in [-0.05, 0) is 66.4 Å². The number of hydrogen-bond donors (Lipinski definition) is 1. The molecule has 0 radical (unpaired) electrons. The molecule has 26 heavy (non-hydrogen) atoms. The van der Waals surface area contributed by atoms with Crippen molar-refractivity contribution < 1.29 is 0 Å². The van der Waals surface area contributed by atoms with E-state index in [9.17, 15) is 0 Å². The molecule has 5 rings (SSSR count). The number of rotatable bonds is 3. The van der Waals surface area contributed by atoms with Crippen LogP contribution in [0.15, 0.2) is 52.7 Å². The number of hydrogen-bond acceptors (Lipinski definition) is 6. The first-order valence-electron chi connectivity index (χ1n) is 8.43. The average Bonchev–Trinajstić information content (AvgIpc) is 3.42. The van der Waals surface area contributed by atoms with Crippen LogP contribution >= 0.6 is 22.9 Å². The lowest BCUT2D eigenvalue weighted by Gasteiger charge is -2.35. The van der Waals surface area contributed by atoms with Gasteiger partial charge in [0.15, 0.2) is 6.17 Å². The van der Waals surface area contributed by atoms with E-state index in [0.717, 1.165) is 33.3 Å². The van der Waals surface area contributed by atoms with Crippen LogP contribution in [0.25, 0.3) is 11.4 Å². The van der Waals surface area contributed by atoms with Crippen LogP contribution in [-0.2, 0) is 0 Å². The van der Waals surface area contributed by atoms with Gasteiger partial charge in [-0.25, -0.2) is 0 Å². The maximum atomic E-state index is 6.18. The number of aliphatic imine (C=N–C) groups is 1. The number of nitrogens with one attached hydrogen (secondary N) is 1. The molecule has 8 heteroatoms. The summed E-state index contributed by atoms with van der Waals surface area (Å²) in [6, 6.07) is 12.2. The highest BCUT2D eigenvalue weighted by molar-refractivity contribution is 7.16. The van der Waals surface area contributed by atoms with Gasteiger partial charge in [0.1, 0.15) is 0 Å². The molecule has 1 aliphatic heterocycles. The fourth-order valence-corrected chi connectivity index (χ4v) is 4.66. The number of benzene rings is 1. The number of tetrazole rings is 1. The third-order valence-electron chi connectivity index (χ3n) is 4.73. The van der Waals surface area contributed by atoms with E-state index in [2.05, 4.69) is 43.7 Å². The molecule has 0 saturated heterocycles. The van der Waals surface area contributed by atoms with Crippen molar-refractivity contribution in [2.24, 2.45) is 4.99 Å². The topological polar surface area (TPSA) is 70.1 Å². The minimum absolute atomic E-state index is 0.0691. The van der Waals surface area contributed by atoms with Gasteiger partial charge in [-0.1, -0.05) is 11.6 Å². The quantitative estimate of drug-likeness (QED) is 0.718. The van der Waals surface area contributed by atoms with Gasteiger partial charge in [0.05, 0.1) is 9.21 Å². The summed E-state index contributed by atoms with van der Waals surface area (Å²) in [5, 5.41) is 14.2. The molecule has 3 aromatic rings. The van der Waals surface area contributed by atoms with Crippen LogP contribution in [0, 0.1) is 0 Å². The lowest BCUT2D eigenvalue weighted by Crippen LogP contribution is -2.29. The number of halogens is 1. The van der Waals surface area contributed by atoms with Crippen molar-refractivity contribution >= 4 is 34.8 Å². The number of thiophene rings is 1. The van der Waals surface area contributed by atoms with E-state index in [-0.39, 0.29) is 6.17 Å². The van der Waals surface area contributed by atoms with Gasteiger partial charge in [-0.15, -0.1) is 21.5 Å². The third-order valence-corrected chi connectivity index (χ3v) is 6.01. The number of aromatic nitrogens is 4. The second-order valence-corrected chi connectivity index (χ2v) is 8.02. The summed E-state index contributed by atoms with van der Waals surface area (Å²) in [7, 11) is 0. The van der Waals surface area contributed by atoms with Gasteiger partial charge in [0, 0.05) is 23.2 Å². The van der Waals surface area contributed by atoms with Gasteiger partial charge in [0.2, 0.25) is 5.82 Å². The minimum atomic E-state index is -0.0691. The molecule has 6 nitrogen and oxygen atoms in total. The van der Waals surface area contributed by atoms with Crippen molar-refractivity contribution in [1.29, 1.82) is 0 Å². The number of nitrogens with zero attached hydrogens (tertiary/aromatic N) is 5. The predicted molar refractivity (Wildman–Crippen MR) is 104 cm³/mol. The first-order chi connectivity index (χ1) is 12.8. The minimum Gasteiger partial charge on any atom is -0.318 e. The Morgan fingerprint density at radius 3 is 2.73 bits per heavy atom. The van der Waals surface area contributed by atoms with Crippen LogP contribution < -0.4 is 4.90 Å². The summed E-state index contributed by atoms with van der Waals surface area (Å²) in [5.41, 5.74) is 4.74. The molecule has 1 N–H and O–H groups in total. The van der Waals surface area contributed by atoms with Crippen LogP contribution in [0.5, 0.6) is 0 Å². The summed E-state index contributed by atoms with van der Waals surface area (Å²) in [6.07, 6.45) is 5.31. The zero-order valence-corrected chi connectivity index (χ0v) is 15.3. The second kappa shape index (κ2) is 6.34. The Labute approximate surface area is 159 Å². The summed E-state index contributed by atoms with van der Waals surface area (Å²) in [5.74, 6) is 0.593. The van der Waals surface area contributed by atoms with E-state index in [4.69, 9.17) is 16.6 Å². The molecular weight excluding hydrogens is 368 g/mol. The Hall–Kier alpha value is -2.51. The maximum absolute atomic E-state index is 6.18. The van der Waals surface area contributed by atoms with Crippen LogP contribution in [-0.4, -0.2) is 26.8 Å². The smallest absolute Gasteiger partial charge is 0.204 e. The van der Waals surface area contributed by atoms with Crippen LogP contribution in [0.4, 0.5) is 5.69 Å². The number of allylic oxidation sites excluding steroid dienone is 2. The molecule has 0 spiro atoms. The Morgan fingerprint density at radius 2 is 2.00 bits per heavy atom. The molecule has 1 unspecified atom stereocenters. The standard InChI is InChI=1S/C18H15ClN6S/c19-16-9-8-15(26-16)18-20-10-12-2-1-3-14(12)25(18)13-6-4-11(5-7-13)17-21-23-24-22-17/h4-10,18H,1-3H2,(H,21,22,23,24). The lowest BCUT2D eigenvalue weighted by molar-refractivity contribution is 0.698. The molecule has 1 atom stereocenters. The van der Waals surface area contributed by atoms with Gasteiger partial charge < -0.3 is 4.90 Å². The van der Waals surface area contributed by atoms with E-state index >= 15 is 0 Å². The van der Waals surface area contributed by atoms with Gasteiger partial charge in [-0.3, -0.25) is 4.99 Å². The van der Waals surface area contributed by atoms with Crippen LogP contribution in [0.2, 0.25) is 4.34 Å². The predicted octanol–water partition coefficient (Wildman–Crippen LogP) is 4.61. The van der Waals surface area contributed by atoms with Crippen molar-refractivity contribution in [1.82, 2.24) is 20.6 Å². The van der Waals surface area contributed by atoms with Crippen molar-refractivity contribution in [3.63, 3.8) is 0 Å². The van der Waals surface area contributed by atoms with Crippen molar-refractivity contribution in [3.8, 4) is 11.4 Å². The van der Waals surface area contributed by atoms with Gasteiger partial charge in [-0.2, -0.15) is 5.21 Å². The van der Waals surface area contributed by atoms with Crippen LogP contribution in [0.1, 0.15) is 30.3 Å². The molecule has 3 heterocycles. The molecule has 2 aromatic heterocycles. The van der Waals surface area contributed by atoms with E-state index in [1.54, 1.807) is 11.3 Å². The zero-order chi connectivity index (χ0) is 17.5. The molecule has 1 aliphatic carbocycles. The Morgan fingerprint density at radius 1 is 1.12 bits per heavy atom. The number of aromatic amines is 1. The van der Waals surface area contributed by atoms with Crippen LogP contribution in [0.3, 0.4) is 0 Å². The highest BCUT2D eigenvalue weighted by atomic mass is 35.5. The molecule has 0 amide bonds.